The zero-order valence-corrected chi connectivity index (χ0v) is 14.2. The molecule has 0 aliphatic rings. The molecular weight excluding hydrogens is 333 g/mol. The minimum absolute atomic E-state index is 0.114. The number of nitrogens with one attached hydrogen (secondary N) is 1. The highest BCUT2D eigenvalue weighted by atomic mass is 32.1. The van der Waals surface area contributed by atoms with Crippen molar-refractivity contribution in [3.05, 3.63) is 40.7 Å². The van der Waals surface area contributed by atoms with Crippen LogP contribution in [0, 0.1) is 5.82 Å². The number of carbonyl (C=O) groups is 1. The van der Waals surface area contributed by atoms with Crippen molar-refractivity contribution >= 4 is 28.7 Å². The van der Waals surface area contributed by atoms with Gasteiger partial charge in [0.05, 0.1) is 31.5 Å². The fourth-order valence-corrected chi connectivity index (χ4v) is 2.48. The van der Waals surface area contributed by atoms with Gasteiger partial charge in [0.15, 0.2) is 0 Å². The molecule has 128 valence electrons. The third-order valence-corrected chi connectivity index (χ3v) is 3.63. The molecule has 6 nitrogen and oxygen atoms in total. The van der Waals surface area contributed by atoms with Crippen LogP contribution in [-0.4, -0.2) is 30.4 Å². The number of rotatable bonds is 8. The lowest BCUT2D eigenvalue weighted by molar-refractivity contribution is -0.142. The Morgan fingerprint density at radius 2 is 2.25 bits per heavy atom. The van der Waals surface area contributed by atoms with Gasteiger partial charge in [-0.2, -0.15) is 5.10 Å². The molecule has 0 spiro atoms. The van der Waals surface area contributed by atoms with Crippen LogP contribution in [0.2, 0.25) is 0 Å². The largest absolute Gasteiger partial charge is 0.494 e. The number of hydrogen-bond acceptors (Lipinski definition) is 7. The molecule has 8 heteroatoms. The number of carbonyl (C=O) groups excluding carboxylic acids is 1. The summed E-state index contributed by atoms with van der Waals surface area (Å²) in [5.74, 6) is -0.272. The average Bonchev–Trinajstić information content (AvgIpc) is 2.97. The molecule has 0 atom stereocenters. The Kier molecular flexibility index (Phi) is 6.68. The maximum Gasteiger partial charge on any atom is 0.311 e. The number of hydrogen-bond donors (Lipinski definition) is 1. The third kappa shape index (κ3) is 5.31. The average molecular weight is 351 g/mol. The van der Waals surface area contributed by atoms with Crippen LogP contribution in [-0.2, 0) is 16.0 Å². The monoisotopic (exact) mass is 351 g/mol. The second-order valence-corrected chi connectivity index (χ2v) is 5.47. The van der Waals surface area contributed by atoms with Crippen molar-refractivity contribution in [3.63, 3.8) is 0 Å². The van der Waals surface area contributed by atoms with E-state index in [0.717, 1.165) is 0 Å². The van der Waals surface area contributed by atoms with Gasteiger partial charge in [0.1, 0.15) is 11.6 Å². The molecule has 2 rings (SSSR count). The molecule has 0 amide bonds. The van der Waals surface area contributed by atoms with Crippen molar-refractivity contribution in [3.8, 4) is 5.75 Å². The van der Waals surface area contributed by atoms with Crippen LogP contribution in [0.3, 0.4) is 0 Å². The Morgan fingerprint density at radius 3 is 2.96 bits per heavy atom. The molecular formula is C16H18FN3O3S. The number of anilines is 1. The summed E-state index contributed by atoms with van der Waals surface area (Å²) in [5, 5.41) is 6.21. The zero-order valence-electron chi connectivity index (χ0n) is 13.4. The SMILES string of the molecule is CCOC(=O)Cc1csc(NN=Cc2ccc(OCC)cc2F)n1. The Hall–Kier alpha value is -2.48. The molecule has 0 saturated heterocycles. The number of benzene rings is 1. The van der Waals surface area contributed by atoms with Gasteiger partial charge in [0, 0.05) is 17.0 Å². The summed E-state index contributed by atoms with van der Waals surface area (Å²) >= 11 is 1.30. The van der Waals surface area contributed by atoms with Crippen molar-refractivity contribution in [2.75, 3.05) is 18.6 Å². The lowest BCUT2D eigenvalue weighted by Gasteiger charge is -2.03. The number of nitrogens with zero attached hydrogens (tertiary/aromatic N) is 2. The zero-order chi connectivity index (χ0) is 17.4. The van der Waals surface area contributed by atoms with Crippen molar-refractivity contribution in [1.29, 1.82) is 0 Å². The molecule has 0 bridgehead atoms. The van der Waals surface area contributed by atoms with Crippen molar-refractivity contribution in [1.82, 2.24) is 4.98 Å². The highest BCUT2D eigenvalue weighted by Crippen LogP contribution is 2.17. The van der Waals surface area contributed by atoms with Crippen LogP contribution >= 0.6 is 11.3 Å². The normalized spacial score (nSPS) is 10.8. The van der Waals surface area contributed by atoms with Crippen LogP contribution in [0.25, 0.3) is 0 Å². The highest BCUT2D eigenvalue weighted by molar-refractivity contribution is 7.13. The van der Waals surface area contributed by atoms with Gasteiger partial charge in [-0.1, -0.05) is 0 Å². The van der Waals surface area contributed by atoms with E-state index in [1.54, 1.807) is 24.4 Å². The van der Waals surface area contributed by atoms with Gasteiger partial charge >= 0.3 is 5.97 Å². The van der Waals surface area contributed by atoms with E-state index in [0.29, 0.717) is 35.4 Å². The highest BCUT2D eigenvalue weighted by Gasteiger charge is 2.08. The molecule has 1 heterocycles. The quantitative estimate of drug-likeness (QED) is 0.449. The van der Waals surface area contributed by atoms with Gasteiger partial charge in [0.2, 0.25) is 5.13 Å². The second-order valence-electron chi connectivity index (χ2n) is 4.61. The summed E-state index contributed by atoms with van der Waals surface area (Å²) in [7, 11) is 0. The van der Waals surface area contributed by atoms with Crippen LogP contribution in [0.1, 0.15) is 25.1 Å². The van der Waals surface area contributed by atoms with Crippen molar-refractivity contribution in [2.45, 2.75) is 20.3 Å². The maximum absolute atomic E-state index is 13.9. The summed E-state index contributed by atoms with van der Waals surface area (Å²) in [4.78, 5) is 15.6. The number of esters is 1. The predicted molar refractivity (Wildman–Crippen MR) is 91.2 cm³/mol. The van der Waals surface area contributed by atoms with Crippen LogP contribution in [0.5, 0.6) is 5.75 Å². The second kappa shape index (κ2) is 8.97. The molecule has 0 aliphatic carbocycles. The van der Waals surface area contributed by atoms with E-state index >= 15 is 0 Å². The fraction of sp³-hybridized carbons (Fsp3) is 0.312. The van der Waals surface area contributed by atoms with Gasteiger partial charge < -0.3 is 9.47 Å². The topological polar surface area (TPSA) is 72.8 Å². The predicted octanol–water partition coefficient (Wildman–Crippen LogP) is 3.23. The summed E-state index contributed by atoms with van der Waals surface area (Å²) in [5.41, 5.74) is 3.64. The Balaban J connectivity index is 1.92. The summed E-state index contributed by atoms with van der Waals surface area (Å²) in [6.07, 6.45) is 1.47. The van der Waals surface area contributed by atoms with E-state index in [1.807, 2.05) is 6.92 Å². The van der Waals surface area contributed by atoms with Gasteiger partial charge in [0.25, 0.3) is 0 Å². The lowest BCUT2D eigenvalue weighted by Crippen LogP contribution is -2.07. The van der Waals surface area contributed by atoms with Gasteiger partial charge in [-0.15, -0.1) is 11.3 Å². The number of aromatic nitrogens is 1. The molecule has 1 aromatic heterocycles. The minimum atomic E-state index is -0.423. The molecule has 0 saturated carbocycles. The first-order valence-corrected chi connectivity index (χ1v) is 8.31. The molecule has 0 fully saturated rings. The van der Waals surface area contributed by atoms with Gasteiger partial charge in [-0.05, 0) is 26.0 Å². The Bertz CT molecular complexity index is 718. The standard InChI is InChI=1S/C16H18FN3O3S/c1-3-22-13-6-5-11(14(17)8-13)9-18-20-16-19-12(10-24-16)7-15(21)23-4-2/h5-6,8-10H,3-4,7H2,1-2H3,(H,19,20). The summed E-state index contributed by atoms with van der Waals surface area (Å²) in [6, 6.07) is 4.57. The van der Waals surface area contributed by atoms with E-state index in [4.69, 9.17) is 9.47 Å². The summed E-state index contributed by atoms with van der Waals surface area (Å²) < 4.78 is 23.9. The van der Waals surface area contributed by atoms with E-state index in [-0.39, 0.29) is 12.4 Å². The van der Waals surface area contributed by atoms with Crippen molar-refractivity contribution in [2.24, 2.45) is 5.10 Å². The number of thiazole rings is 1. The number of hydrazone groups is 1. The minimum Gasteiger partial charge on any atom is -0.494 e. The first-order valence-electron chi connectivity index (χ1n) is 7.43. The molecule has 0 radical (unpaired) electrons. The van der Waals surface area contributed by atoms with E-state index in [1.165, 1.54) is 23.6 Å². The number of halogens is 1. The van der Waals surface area contributed by atoms with E-state index < -0.39 is 5.82 Å². The molecule has 1 N–H and O–H groups in total. The van der Waals surface area contributed by atoms with Crippen LogP contribution in [0.4, 0.5) is 9.52 Å². The first kappa shape index (κ1) is 17.9. The Labute approximate surface area is 143 Å². The van der Waals surface area contributed by atoms with Gasteiger partial charge in [-0.25, -0.2) is 9.37 Å². The van der Waals surface area contributed by atoms with Crippen LogP contribution < -0.4 is 10.2 Å². The molecule has 1 aromatic carbocycles. The van der Waals surface area contributed by atoms with E-state index in [9.17, 15) is 9.18 Å². The third-order valence-electron chi connectivity index (χ3n) is 2.83. The lowest BCUT2D eigenvalue weighted by atomic mass is 10.2. The van der Waals surface area contributed by atoms with Gasteiger partial charge in [-0.3, -0.25) is 10.2 Å². The molecule has 0 unspecified atom stereocenters. The molecule has 0 aliphatic heterocycles. The smallest absolute Gasteiger partial charge is 0.311 e. The summed E-state index contributed by atoms with van der Waals surface area (Å²) in [6.45, 7) is 4.40. The van der Waals surface area contributed by atoms with Crippen LogP contribution in [0.15, 0.2) is 28.7 Å². The van der Waals surface area contributed by atoms with Crippen molar-refractivity contribution < 1.29 is 18.7 Å². The molecule has 2 aromatic rings. The first-order chi connectivity index (χ1) is 11.6. The maximum atomic E-state index is 13.9. The van der Waals surface area contributed by atoms with E-state index in [2.05, 4.69) is 15.5 Å². The molecule has 24 heavy (non-hydrogen) atoms. The Morgan fingerprint density at radius 1 is 1.42 bits per heavy atom. The fourth-order valence-electron chi connectivity index (χ4n) is 1.83. The number of ether oxygens (including phenoxy) is 2.